The molecule has 0 aliphatic heterocycles. The zero-order chi connectivity index (χ0) is 14.0. The minimum absolute atomic E-state index is 0.0762. The number of benzene rings is 2. The molecule has 0 aliphatic rings. The van der Waals surface area contributed by atoms with Gasteiger partial charge in [0.05, 0.1) is 11.1 Å². The summed E-state index contributed by atoms with van der Waals surface area (Å²) in [6, 6.07) is 9.67. The van der Waals surface area contributed by atoms with Crippen LogP contribution in [0.1, 0.15) is 18.5 Å². The van der Waals surface area contributed by atoms with Crippen LogP contribution in [0, 0.1) is 5.82 Å². The molecule has 0 bridgehead atoms. The van der Waals surface area contributed by atoms with Gasteiger partial charge in [0.25, 0.3) is 0 Å². The second-order valence-corrected chi connectivity index (χ2v) is 5.41. The highest BCUT2D eigenvalue weighted by molar-refractivity contribution is 6.33. The predicted octanol–water partition coefficient (Wildman–Crippen LogP) is 5.96. The lowest BCUT2D eigenvalue weighted by Gasteiger charge is -2.17. The van der Waals surface area contributed by atoms with Crippen LogP contribution in [0.4, 0.5) is 10.1 Å². The molecule has 0 spiro atoms. The lowest BCUT2D eigenvalue weighted by molar-refractivity contribution is 0.628. The first-order valence-electron chi connectivity index (χ1n) is 5.64. The molecule has 0 fully saturated rings. The van der Waals surface area contributed by atoms with Crippen molar-refractivity contribution in [2.75, 3.05) is 5.32 Å². The minimum Gasteiger partial charge on any atom is -0.378 e. The van der Waals surface area contributed by atoms with Crippen LogP contribution in [0.25, 0.3) is 0 Å². The van der Waals surface area contributed by atoms with Crippen molar-refractivity contribution in [3.63, 3.8) is 0 Å². The molecular weight excluding hydrogens is 308 g/mol. The van der Waals surface area contributed by atoms with E-state index in [9.17, 15) is 4.39 Å². The van der Waals surface area contributed by atoms with Gasteiger partial charge in [0.1, 0.15) is 5.82 Å². The summed E-state index contributed by atoms with van der Waals surface area (Å²) < 4.78 is 13.1. The molecule has 0 aliphatic carbocycles. The molecule has 0 radical (unpaired) electrons. The van der Waals surface area contributed by atoms with Crippen LogP contribution in [0.2, 0.25) is 15.1 Å². The molecule has 1 unspecified atom stereocenters. The second-order valence-electron chi connectivity index (χ2n) is 4.16. The summed E-state index contributed by atoms with van der Waals surface area (Å²) in [6.45, 7) is 1.94. The summed E-state index contributed by atoms with van der Waals surface area (Å²) in [5.41, 5.74) is 1.59. The third-order valence-electron chi connectivity index (χ3n) is 2.73. The molecule has 100 valence electrons. The molecule has 2 aromatic carbocycles. The molecule has 0 amide bonds. The number of anilines is 1. The monoisotopic (exact) mass is 317 g/mol. The largest absolute Gasteiger partial charge is 0.378 e. The summed E-state index contributed by atoms with van der Waals surface area (Å²) >= 11 is 17.8. The molecule has 1 N–H and O–H groups in total. The Morgan fingerprint density at radius 2 is 1.74 bits per heavy atom. The minimum atomic E-state index is -0.444. The first-order chi connectivity index (χ1) is 8.97. The van der Waals surface area contributed by atoms with Gasteiger partial charge in [-0.3, -0.25) is 0 Å². The molecule has 2 rings (SSSR count). The fourth-order valence-corrected chi connectivity index (χ4v) is 2.40. The van der Waals surface area contributed by atoms with Crippen LogP contribution in [-0.4, -0.2) is 0 Å². The third kappa shape index (κ3) is 3.53. The normalized spacial score (nSPS) is 12.3. The van der Waals surface area contributed by atoms with E-state index in [4.69, 9.17) is 34.8 Å². The first kappa shape index (κ1) is 14.4. The number of rotatable bonds is 3. The van der Waals surface area contributed by atoms with Gasteiger partial charge in [0, 0.05) is 15.7 Å². The second kappa shape index (κ2) is 6.00. The van der Waals surface area contributed by atoms with Gasteiger partial charge in [-0.05, 0) is 48.9 Å². The molecule has 0 saturated heterocycles. The SMILES string of the molecule is CC(Nc1ccc(F)c(Cl)c1)c1cc(Cl)ccc1Cl. The molecule has 1 nitrogen and oxygen atoms in total. The summed E-state index contributed by atoms with van der Waals surface area (Å²) in [7, 11) is 0. The fourth-order valence-electron chi connectivity index (χ4n) is 1.76. The van der Waals surface area contributed by atoms with E-state index in [0.717, 1.165) is 11.3 Å². The Morgan fingerprint density at radius 3 is 2.42 bits per heavy atom. The van der Waals surface area contributed by atoms with Crippen molar-refractivity contribution >= 4 is 40.5 Å². The quantitative estimate of drug-likeness (QED) is 0.736. The van der Waals surface area contributed by atoms with Crippen LogP contribution in [-0.2, 0) is 0 Å². The van der Waals surface area contributed by atoms with Crippen LogP contribution >= 0.6 is 34.8 Å². The Labute approximate surface area is 126 Å². The Balaban J connectivity index is 2.22. The highest BCUT2D eigenvalue weighted by Crippen LogP contribution is 2.29. The topological polar surface area (TPSA) is 12.0 Å². The van der Waals surface area contributed by atoms with Gasteiger partial charge < -0.3 is 5.32 Å². The van der Waals surface area contributed by atoms with Crippen molar-refractivity contribution < 1.29 is 4.39 Å². The average Bonchev–Trinajstić information content (AvgIpc) is 2.36. The van der Waals surface area contributed by atoms with Crippen LogP contribution in [0.3, 0.4) is 0 Å². The van der Waals surface area contributed by atoms with Crippen molar-refractivity contribution in [1.82, 2.24) is 0 Å². The van der Waals surface area contributed by atoms with Crippen molar-refractivity contribution in [2.45, 2.75) is 13.0 Å². The van der Waals surface area contributed by atoms with Crippen molar-refractivity contribution in [1.29, 1.82) is 0 Å². The van der Waals surface area contributed by atoms with Gasteiger partial charge in [-0.1, -0.05) is 34.8 Å². The van der Waals surface area contributed by atoms with Gasteiger partial charge in [0.2, 0.25) is 0 Å². The molecule has 0 aromatic heterocycles. The Hall–Kier alpha value is -0.960. The highest BCUT2D eigenvalue weighted by atomic mass is 35.5. The van der Waals surface area contributed by atoms with E-state index in [-0.39, 0.29) is 11.1 Å². The Kier molecular flexibility index (Phi) is 4.56. The summed E-state index contributed by atoms with van der Waals surface area (Å²) in [5, 5.41) is 4.52. The molecule has 1 atom stereocenters. The van der Waals surface area contributed by atoms with Gasteiger partial charge >= 0.3 is 0 Å². The van der Waals surface area contributed by atoms with Gasteiger partial charge in [-0.25, -0.2) is 4.39 Å². The van der Waals surface area contributed by atoms with E-state index in [0.29, 0.717) is 10.0 Å². The van der Waals surface area contributed by atoms with Crippen LogP contribution < -0.4 is 5.32 Å². The number of hydrogen-bond acceptors (Lipinski definition) is 1. The maximum absolute atomic E-state index is 13.1. The fraction of sp³-hybridized carbons (Fsp3) is 0.143. The number of halogens is 4. The maximum atomic E-state index is 13.1. The molecular formula is C14H11Cl3FN. The Bertz CT molecular complexity index is 601. The molecule has 0 saturated carbocycles. The zero-order valence-corrected chi connectivity index (χ0v) is 12.3. The summed E-state index contributed by atoms with van der Waals surface area (Å²) in [4.78, 5) is 0. The lowest BCUT2D eigenvalue weighted by atomic mass is 10.1. The van der Waals surface area contributed by atoms with Gasteiger partial charge in [-0.2, -0.15) is 0 Å². The van der Waals surface area contributed by atoms with Crippen LogP contribution in [0.5, 0.6) is 0 Å². The highest BCUT2D eigenvalue weighted by Gasteiger charge is 2.11. The maximum Gasteiger partial charge on any atom is 0.141 e. The van der Waals surface area contributed by atoms with Gasteiger partial charge in [-0.15, -0.1) is 0 Å². The van der Waals surface area contributed by atoms with Crippen LogP contribution in [0.15, 0.2) is 36.4 Å². The van der Waals surface area contributed by atoms with E-state index >= 15 is 0 Å². The van der Waals surface area contributed by atoms with E-state index in [1.807, 2.05) is 6.92 Å². The van der Waals surface area contributed by atoms with Crippen molar-refractivity contribution in [3.8, 4) is 0 Å². The zero-order valence-electron chi connectivity index (χ0n) is 10.1. The smallest absolute Gasteiger partial charge is 0.141 e. The average molecular weight is 319 g/mol. The van der Waals surface area contributed by atoms with E-state index in [2.05, 4.69) is 5.32 Å². The van der Waals surface area contributed by atoms with E-state index in [1.165, 1.54) is 12.1 Å². The molecule has 5 heteroatoms. The standard InChI is InChI=1S/C14H11Cl3FN/c1-8(11-6-9(15)2-4-12(11)16)19-10-3-5-14(18)13(17)7-10/h2-8,19H,1H3. The van der Waals surface area contributed by atoms with Crippen molar-refractivity contribution in [2.24, 2.45) is 0 Å². The molecule has 2 aromatic rings. The summed E-state index contributed by atoms with van der Waals surface area (Å²) in [5.74, 6) is -0.444. The lowest BCUT2D eigenvalue weighted by Crippen LogP contribution is -2.07. The van der Waals surface area contributed by atoms with Crippen molar-refractivity contribution in [3.05, 3.63) is 62.8 Å². The number of hydrogen-bond donors (Lipinski definition) is 1. The first-order valence-corrected chi connectivity index (χ1v) is 6.77. The van der Waals surface area contributed by atoms with E-state index < -0.39 is 5.82 Å². The number of nitrogens with one attached hydrogen (secondary N) is 1. The van der Waals surface area contributed by atoms with E-state index in [1.54, 1.807) is 24.3 Å². The predicted molar refractivity (Wildman–Crippen MR) is 79.9 cm³/mol. The van der Waals surface area contributed by atoms with Gasteiger partial charge in [0.15, 0.2) is 0 Å². The third-order valence-corrected chi connectivity index (χ3v) is 3.60. The summed E-state index contributed by atoms with van der Waals surface area (Å²) in [6.07, 6.45) is 0. The molecule has 0 heterocycles. The molecule has 19 heavy (non-hydrogen) atoms. The Morgan fingerprint density at radius 1 is 1.00 bits per heavy atom.